The van der Waals surface area contributed by atoms with Crippen molar-refractivity contribution in [1.82, 2.24) is 14.8 Å². The lowest BCUT2D eigenvalue weighted by atomic mass is 10.1. The van der Waals surface area contributed by atoms with Crippen LogP contribution in [-0.2, 0) is 4.79 Å². The summed E-state index contributed by atoms with van der Waals surface area (Å²) in [7, 11) is 0. The Hall–Kier alpha value is -1.99. The van der Waals surface area contributed by atoms with Crippen LogP contribution in [0.2, 0.25) is 0 Å². The van der Waals surface area contributed by atoms with Crippen molar-refractivity contribution >= 4 is 24.0 Å². The molecule has 3 N–H and O–H groups in total. The van der Waals surface area contributed by atoms with E-state index in [1.165, 1.54) is 29.5 Å². The van der Waals surface area contributed by atoms with Gasteiger partial charge >= 0.3 is 0 Å². The zero-order valence-corrected chi connectivity index (χ0v) is 11.8. The van der Waals surface area contributed by atoms with Crippen LogP contribution in [0.5, 0.6) is 0 Å². The Morgan fingerprint density at radius 1 is 1.45 bits per heavy atom. The van der Waals surface area contributed by atoms with E-state index in [2.05, 4.69) is 15.4 Å². The molecule has 8 heteroatoms. The van der Waals surface area contributed by atoms with Gasteiger partial charge in [-0.15, -0.1) is 12.4 Å². The van der Waals surface area contributed by atoms with E-state index < -0.39 is 11.4 Å². The topological polar surface area (TPSA) is 85.8 Å². The first-order valence-corrected chi connectivity index (χ1v) is 5.63. The lowest BCUT2D eigenvalue weighted by Gasteiger charge is -2.18. The zero-order chi connectivity index (χ0) is 14.0. The molecule has 0 radical (unpaired) electrons. The molecule has 0 saturated heterocycles. The van der Waals surface area contributed by atoms with Gasteiger partial charge in [0.05, 0.1) is 5.54 Å². The quantitative estimate of drug-likeness (QED) is 0.899. The van der Waals surface area contributed by atoms with Gasteiger partial charge < -0.3 is 11.1 Å². The molecule has 0 unspecified atom stereocenters. The number of nitrogens with two attached hydrogens (primary N) is 1. The number of amides is 1. The lowest BCUT2D eigenvalue weighted by molar-refractivity contribution is -0.120. The molecule has 0 aliphatic heterocycles. The van der Waals surface area contributed by atoms with Crippen molar-refractivity contribution in [2.75, 3.05) is 5.32 Å². The summed E-state index contributed by atoms with van der Waals surface area (Å²) in [6, 6.07) is 4.29. The summed E-state index contributed by atoms with van der Waals surface area (Å²) in [6.07, 6.45) is 2.70. The summed E-state index contributed by atoms with van der Waals surface area (Å²) in [6.45, 7) is 3.14. The lowest BCUT2D eigenvalue weighted by Crippen LogP contribution is -2.45. The van der Waals surface area contributed by atoms with Crippen LogP contribution in [0.3, 0.4) is 0 Å². The minimum absolute atomic E-state index is 0. The summed E-state index contributed by atoms with van der Waals surface area (Å²) >= 11 is 0. The summed E-state index contributed by atoms with van der Waals surface area (Å²) in [5, 5.41) is 6.38. The van der Waals surface area contributed by atoms with E-state index in [9.17, 15) is 9.18 Å². The van der Waals surface area contributed by atoms with Crippen LogP contribution in [0.15, 0.2) is 30.9 Å². The summed E-state index contributed by atoms with van der Waals surface area (Å²) in [4.78, 5) is 15.4. The largest absolute Gasteiger partial charge is 0.324 e. The SMILES string of the molecule is CC(C)(N)C(=O)Nc1ccc(-n2cncn2)c(F)c1.Cl. The predicted molar refractivity (Wildman–Crippen MR) is 75.5 cm³/mol. The van der Waals surface area contributed by atoms with E-state index in [0.717, 1.165) is 0 Å². The standard InChI is InChI=1S/C12H14FN5O.ClH/c1-12(2,14)11(19)17-8-3-4-10(9(13)5-8)18-7-15-6-16-18;/h3-7H,14H2,1-2H3,(H,17,19);1H. The first-order chi connectivity index (χ1) is 8.88. The second-order valence-electron chi connectivity index (χ2n) is 4.68. The molecule has 0 spiro atoms. The highest BCUT2D eigenvalue weighted by molar-refractivity contribution is 5.97. The van der Waals surface area contributed by atoms with Crippen molar-refractivity contribution in [3.8, 4) is 5.69 Å². The van der Waals surface area contributed by atoms with E-state index in [1.807, 2.05) is 0 Å². The minimum Gasteiger partial charge on any atom is -0.324 e. The number of hydrogen-bond donors (Lipinski definition) is 2. The fourth-order valence-corrected chi connectivity index (χ4v) is 1.40. The number of carbonyl (C=O) groups excluding carboxylic acids is 1. The van der Waals surface area contributed by atoms with Gasteiger partial charge in [-0.1, -0.05) is 0 Å². The number of nitrogens with zero attached hydrogens (tertiary/aromatic N) is 3. The monoisotopic (exact) mass is 299 g/mol. The predicted octanol–water partition coefficient (Wildman–Crippen LogP) is 1.50. The van der Waals surface area contributed by atoms with Gasteiger partial charge in [-0.25, -0.2) is 14.1 Å². The molecule has 1 aromatic heterocycles. The number of hydrogen-bond acceptors (Lipinski definition) is 4. The van der Waals surface area contributed by atoms with E-state index in [0.29, 0.717) is 5.69 Å². The first-order valence-electron chi connectivity index (χ1n) is 5.63. The number of nitrogens with one attached hydrogen (secondary N) is 1. The number of carbonyl (C=O) groups is 1. The van der Waals surface area contributed by atoms with Gasteiger partial charge in [0.15, 0.2) is 5.82 Å². The molecule has 1 aromatic carbocycles. The average molecular weight is 300 g/mol. The van der Waals surface area contributed by atoms with Gasteiger partial charge in [0, 0.05) is 5.69 Å². The Morgan fingerprint density at radius 2 is 2.15 bits per heavy atom. The molecule has 1 heterocycles. The second-order valence-corrected chi connectivity index (χ2v) is 4.68. The maximum Gasteiger partial charge on any atom is 0.243 e. The molecular weight excluding hydrogens is 285 g/mol. The van der Waals surface area contributed by atoms with Crippen LogP contribution in [0.25, 0.3) is 5.69 Å². The van der Waals surface area contributed by atoms with Crippen LogP contribution in [0.4, 0.5) is 10.1 Å². The molecular formula is C12H15ClFN5O. The summed E-state index contributed by atoms with van der Waals surface area (Å²) in [5.74, 6) is -0.904. The second kappa shape index (κ2) is 5.98. The Balaban J connectivity index is 0.00000200. The van der Waals surface area contributed by atoms with Crippen molar-refractivity contribution in [3.63, 3.8) is 0 Å². The van der Waals surface area contributed by atoms with Gasteiger partial charge in [-0.3, -0.25) is 4.79 Å². The first kappa shape index (κ1) is 16.1. The smallest absolute Gasteiger partial charge is 0.243 e. The third-order valence-electron chi connectivity index (χ3n) is 2.46. The van der Waals surface area contributed by atoms with Crippen LogP contribution < -0.4 is 11.1 Å². The van der Waals surface area contributed by atoms with Crippen molar-refractivity contribution in [2.45, 2.75) is 19.4 Å². The third-order valence-corrected chi connectivity index (χ3v) is 2.46. The highest BCUT2D eigenvalue weighted by Gasteiger charge is 2.22. The van der Waals surface area contributed by atoms with Gasteiger partial charge in [0.1, 0.15) is 18.3 Å². The highest BCUT2D eigenvalue weighted by atomic mass is 35.5. The molecule has 0 bridgehead atoms. The fourth-order valence-electron chi connectivity index (χ4n) is 1.40. The Morgan fingerprint density at radius 3 is 2.65 bits per heavy atom. The minimum atomic E-state index is -1.03. The van der Waals surface area contributed by atoms with Crippen LogP contribution in [-0.4, -0.2) is 26.2 Å². The molecule has 0 saturated carbocycles. The van der Waals surface area contributed by atoms with Crippen molar-refractivity contribution < 1.29 is 9.18 Å². The normalized spacial score (nSPS) is 10.8. The molecule has 1 amide bonds. The molecule has 0 aliphatic carbocycles. The van der Waals surface area contributed by atoms with Crippen molar-refractivity contribution in [2.24, 2.45) is 5.73 Å². The molecule has 2 rings (SSSR count). The van der Waals surface area contributed by atoms with Crippen molar-refractivity contribution in [1.29, 1.82) is 0 Å². The highest BCUT2D eigenvalue weighted by Crippen LogP contribution is 2.18. The molecule has 0 fully saturated rings. The average Bonchev–Trinajstić information content (AvgIpc) is 2.81. The van der Waals surface area contributed by atoms with Crippen LogP contribution in [0, 0.1) is 5.82 Å². The fraction of sp³-hybridized carbons (Fsp3) is 0.250. The maximum absolute atomic E-state index is 13.9. The van der Waals surface area contributed by atoms with Gasteiger partial charge in [0.2, 0.25) is 5.91 Å². The Labute approximate surface area is 121 Å². The molecule has 2 aromatic rings. The molecule has 108 valence electrons. The number of anilines is 1. The molecule has 0 aliphatic rings. The van der Waals surface area contributed by atoms with Gasteiger partial charge in [-0.2, -0.15) is 5.10 Å². The summed E-state index contributed by atoms with van der Waals surface area (Å²) < 4.78 is 15.2. The van der Waals surface area contributed by atoms with E-state index in [-0.39, 0.29) is 24.0 Å². The van der Waals surface area contributed by atoms with E-state index in [4.69, 9.17) is 5.73 Å². The van der Waals surface area contributed by atoms with Crippen LogP contribution in [0.1, 0.15) is 13.8 Å². The molecule has 0 atom stereocenters. The number of aromatic nitrogens is 3. The number of halogens is 2. The van der Waals surface area contributed by atoms with Crippen molar-refractivity contribution in [3.05, 3.63) is 36.7 Å². The maximum atomic E-state index is 13.9. The number of rotatable bonds is 3. The van der Waals surface area contributed by atoms with E-state index >= 15 is 0 Å². The Bertz CT molecular complexity index is 594. The van der Waals surface area contributed by atoms with Crippen LogP contribution >= 0.6 is 12.4 Å². The third kappa shape index (κ3) is 3.52. The molecule has 6 nitrogen and oxygen atoms in total. The Kier molecular flexibility index (Phi) is 4.80. The number of benzene rings is 1. The van der Waals surface area contributed by atoms with E-state index in [1.54, 1.807) is 19.9 Å². The van der Waals surface area contributed by atoms with Gasteiger partial charge in [-0.05, 0) is 32.0 Å². The van der Waals surface area contributed by atoms with Gasteiger partial charge in [0.25, 0.3) is 0 Å². The molecule has 20 heavy (non-hydrogen) atoms. The summed E-state index contributed by atoms with van der Waals surface area (Å²) in [5.41, 5.74) is 5.21. The zero-order valence-electron chi connectivity index (χ0n) is 11.0.